The van der Waals surface area contributed by atoms with Crippen LogP contribution in [0.25, 0.3) is 22.2 Å². The van der Waals surface area contributed by atoms with Crippen LogP contribution in [0.4, 0.5) is 0 Å². The van der Waals surface area contributed by atoms with E-state index in [9.17, 15) is 0 Å². The van der Waals surface area contributed by atoms with Crippen molar-refractivity contribution in [3.05, 3.63) is 53.8 Å². The molecule has 0 aliphatic heterocycles. The molecule has 3 rings (SSSR count). The fraction of sp³-hybridized carbons (Fsp3) is 0.333. The molecule has 3 aromatic rings. The molecule has 2 aromatic heterocycles. The lowest BCUT2D eigenvalue weighted by Gasteiger charge is -2.23. The highest BCUT2D eigenvalue weighted by Crippen LogP contribution is 2.32. The fourth-order valence-electron chi connectivity index (χ4n) is 3.18. The SMILES string of the molecule is CC(COc1cnc(-c2ccnc3ccccc23)cc1Cl)CC(C)(C)N. The van der Waals surface area contributed by atoms with Gasteiger partial charge in [0, 0.05) is 22.7 Å². The topological polar surface area (TPSA) is 61.0 Å². The molecule has 5 heteroatoms. The molecule has 1 unspecified atom stereocenters. The molecule has 2 N–H and O–H groups in total. The number of hydrogen-bond acceptors (Lipinski definition) is 4. The Labute approximate surface area is 159 Å². The fourth-order valence-corrected chi connectivity index (χ4v) is 3.39. The van der Waals surface area contributed by atoms with E-state index in [1.807, 2.05) is 50.2 Å². The number of nitrogens with zero attached hydrogens (tertiary/aromatic N) is 2. The third kappa shape index (κ3) is 4.51. The van der Waals surface area contributed by atoms with E-state index in [4.69, 9.17) is 22.1 Å². The maximum absolute atomic E-state index is 6.44. The van der Waals surface area contributed by atoms with Crippen molar-refractivity contribution in [2.75, 3.05) is 6.61 Å². The molecule has 1 atom stereocenters. The van der Waals surface area contributed by atoms with Gasteiger partial charge < -0.3 is 10.5 Å². The van der Waals surface area contributed by atoms with Crippen LogP contribution >= 0.6 is 11.6 Å². The van der Waals surface area contributed by atoms with Crippen LogP contribution in [-0.2, 0) is 0 Å². The van der Waals surface area contributed by atoms with Crippen LogP contribution in [0.3, 0.4) is 0 Å². The largest absolute Gasteiger partial charge is 0.490 e. The molecule has 2 heterocycles. The lowest BCUT2D eigenvalue weighted by molar-refractivity contribution is 0.229. The summed E-state index contributed by atoms with van der Waals surface area (Å²) in [7, 11) is 0. The molecule has 0 fully saturated rings. The average molecular weight is 370 g/mol. The Morgan fingerprint density at radius 2 is 1.96 bits per heavy atom. The Bertz CT molecular complexity index is 900. The summed E-state index contributed by atoms with van der Waals surface area (Å²) in [5, 5.41) is 1.60. The second kappa shape index (κ2) is 7.60. The minimum absolute atomic E-state index is 0.211. The maximum Gasteiger partial charge on any atom is 0.156 e. The summed E-state index contributed by atoms with van der Waals surface area (Å²) in [6.07, 6.45) is 4.35. The summed E-state index contributed by atoms with van der Waals surface area (Å²) in [5.41, 5.74) is 8.59. The lowest BCUT2D eigenvalue weighted by atomic mass is 9.93. The van der Waals surface area contributed by atoms with Gasteiger partial charge in [-0.3, -0.25) is 9.97 Å². The van der Waals surface area contributed by atoms with E-state index in [-0.39, 0.29) is 5.54 Å². The maximum atomic E-state index is 6.44. The van der Waals surface area contributed by atoms with E-state index in [0.717, 1.165) is 28.6 Å². The molecule has 0 aliphatic carbocycles. The zero-order valence-electron chi connectivity index (χ0n) is 15.4. The van der Waals surface area contributed by atoms with Gasteiger partial charge in [0.2, 0.25) is 0 Å². The van der Waals surface area contributed by atoms with Crippen LogP contribution < -0.4 is 10.5 Å². The van der Waals surface area contributed by atoms with Crippen LogP contribution in [0.2, 0.25) is 5.02 Å². The first-order valence-electron chi connectivity index (χ1n) is 8.75. The molecule has 0 radical (unpaired) electrons. The van der Waals surface area contributed by atoms with Gasteiger partial charge in [-0.2, -0.15) is 0 Å². The molecular formula is C21H24ClN3O. The summed E-state index contributed by atoms with van der Waals surface area (Å²) in [6, 6.07) is 11.8. The predicted octanol–water partition coefficient (Wildman–Crippen LogP) is 5.09. The Morgan fingerprint density at radius 1 is 1.19 bits per heavy atom. The first-order chi connectivity index (χ1) is 12.3. The van der Waals surface area contributed by atoms with E-state index in [0.29, 0.717) is 23.3 Å². The number of hydrogen-bond donors (Lipinski definition) is 1. The summed E-state index contributed by atoms with van der Waals surface area (Å²) in [4.78, 5) is 8.94. The van der Waals surface area contributed by atoms with Crippen LogP contribution in [-0.4, -0.2) is 22.1 Å². The van der Waals surface area contributed by atoms with Crippen LogP contribution in [0.15, 0.2) is 48.8 Å². The summed E-state index contributed by atoms with van der Waals surface area (Å²) < 4.78 is 5.86. The van der Waals surface area contributed by atoms with Gasteiger partial charge in [0.15, 0.2) is 5.75 Å². The predicted molar refractivity (Wildman–Crippen MR) is 108 cm³/mol. The molecule has 0 spiro atoms. The van der Waals surface area contributed by atoms with E-state index in [1.165, 1.54) is 0 Å². The molecule has 0 amide bonds. The number of aromatic nitrogens is 2. The molecule has 1 aromatic carbocycles. The monoisotopic (exact) mass is 369 g/mol. The van der Waals surface area contributed by atoms with E-state index in [2.05, 4.69) is 16.9 Å². The molecule has 0 bridgehead atoms. The summed E-state index contributed by atoms with van der Waals surface area (Å²) in [6.45, 7) is 6.71. The van der Waals surface area contributed by atoms with Crippen LogP contribution in [0.5, 0.6) is 5.75 Å². The second-order valence-electron chi connectivity index (χ2n) is 7.48. The smallest absolute Gasteiger partial charge is 0.156 e. The molecule has 4 nitrogen and oxygen atoms in total. The van der Waals surface area contributed by atoms with Crippen molar-refractivity contribution in [1.82, 2.24) is 9.97 Å². The summed E-state index contributed by atoms with van der Waals surface area (Å²) >= 11 is 6.44. The van der Waals surface area contributed by atoms with Crippen molar-refractivity contribution in [3.8, 4) is 17.0 Å². The molecule has 136 valence electrons. The van der Waals surface area contributed by atoms with Gasteiger partial charge in [0.25, 0.3) is 0 Å². The highest BCUT2D eigenvalue weighted by atomic mass is 35.5. The molecule has 0 saturated carbocycles. The first kappa shape index (κ1) is 18.6. The van der Waals surface area contributed by atoms with Gasteiger partial charge >= 0.3 is 0 Å². The molecule has 26 heavy (non-hydrogen) atoms. The molecule has 0 aliphatic rings. The van der Waals surface area contributed by atoms with Crippen molar-refractivity contribution in [2.45, 2.75) is 32.7 Å². The number of rotatable bonds is 6. The van der Waals surface area contributed by atoms with Crippen molar-refractivity contribution in [3.63, 3.8) is 0 Å². The van der Waals surface area contributed by atoms with E-state index < -0.39 is 0 Å². The third-order valence-electron chi connectivity index (χ3n) is 4.14. The van der Waals surface area contributed by atoms with Gasteiger partial charge in [-0.25, -0.2) is 0 Å². The molecular weight excluding hydrogens is 346 g/mol. The number of nitrogens with two attached hydrogens (primary N) is 1. The minimum Gasteiger partial charge on any atom is -0.490 e. The number of halogens is 1. The number of fused-ring (bicyclic) bond motifs is 1. The zero-order chi connectivity index (χ0) is 18.7. The van der Waals surface area contributed by atoms with Crippen molar-refractivity contribution >= 4 is 22.5 Å². The van der Waals surface area contributed by atoms with Crippen LogP contribution in [0, 0.1) is 5.92 Å². The number of benzene rings is 1. The normalized spacial score (nSPS) is 13.0. The third-order valence-corrected chi connectivity index (χ3v) is 4.44. The Balaban J connectivity index is 1.79. The standard InChI is InChI=1S/C21H24ClN3O/c1-14(11-21(2,3)23)13-26-20-12-25-19(10-17(20)22)16-8-9-24-18-7-5-4-6-15(16)18/h4-10,12,14H,11,13,23H2,1-3H3. The lowest BCUT2D eigenvalue weighted by Crippen LogP contribution is -2.35. The van der Waals surface area contributed by atoms with E-state index >= 15 is 0 Å². The zero-order valence-corrected chi connectivity index (χ0v) is 16.1. The van der Waals surface area contributed by atoms with Gasteiger partial charge in [0.05, 0.1) is 29.0 Å². The Morgan fingerprint density at radius 3 is 2.69 bits per heavy atom. The van der Waals surface area contributed by atoms with Gasteiger partial charge in [0.1, 0.15) is 0 Å². The van der Waals surface area contributed by atoms with Gasteiger partial charge in [-0.1, -0.05) is 36.7 Å². The number of ether oxygens (including phenoxy) is 1. The summed E-state index contributed by atoms with van der Waals surface area (Å²) in [5.74, 6) is 0.922. The van der Waals surface area contributed by atoms with Crippen molar-refractivity contribution in [1.29, 1.82) is 0 Å². The number of para-hydroxylation sites is 1. The van der Waals surface area contributed by atoms with Crippen molar-refractivity contribution in [2.24, 2.45) is 11.7 Å². The highest BCUT2D eigenvalue weighted by Gasteiger charge is 2.17. The minimum atomic E-state index is -0.211. The molecule has 0 saturated heterocycles. The van der Waals surface area contributed by atoms with E-state index in [1.54, 1.807) is 12.4 Å². The number of pyridine rings is 2. The Hall–Kier alpha value is -2.17. The Kier molecular flexibility index (Phi) is 5.44. The quantitative estimate of drug-likeness (QED) is 0.657. The first-order valence-corrected chi connectivity index (χ1v) is 9.12. The van der Waals surface area contributed by atoms with Crippen molar-refractivity contribution < 1.29 is 4.74 Å². The van der Waals surface area contributed by atoms with Gasteiger partial charge in [-0.05, 0) is 44.4 Å². The van der Waals surface area contributed by atoms with Gasteiger partial charge in [-0.15, -0.1) is 0 Å². The second-order valence-corrected chi connectivity index (χ2v) is 7.89. The highest BCUT2D eigenvalue weighted by molar-refractivity contribution is 6.32. The average Bonchev–Trinajstić information content (AvgIpc) is 2.58. The van der Waals surface area contributed by atoms with Crippen LogP contribution in [0.1, 0.15) is 27.2 Å².